The highest BCUT2D eigenvalue weighted by molar-refractivity contribution is 5.91. The third-order valence-corrected chi connectivity index (χ3v) is 7.28. The van der Waals surface area contributed by atoms with Gasteiger partial charge in [0.2, 0.25) is 0 Å². The molecule has 0 aliphatic heterocycles. The van der Waals surface area contributed by atoms with Crippen molar-refractivity contribution in [2.24, 2.45) is 23.2 Å². The van der Waals surface area contributed by atoms with Gasteiger partial charge >= 0.3 is 5.97 Å². The number of amides is 1. The second-order valence-electron chi connectivity index (χ2n) is 9.61. The van der Waals surface area contributed by atoms with Gasteiger partial charge in [0.15, 0.2) is 6.61 Å². The average molecular weight is 389 g/mol. The molecule has 1 heterocycles. The summed E-state index contributed by atoms with van der Waals surface area (Å²) >= 11 is 0. The van der Waals surface area contributed by atoms with Crippen molar-refractivity contribution in [1.82, 2.24) is 10.3 Å². The van der Waals surface area contributed by atoms with E-state index < -0.39 is 12.1 Å². The quantitative estimate of drug-likeness (QED) is 0.653. The Morgan fingerprint density at radius 1 is 1.18 bits per heavy atom. The molecular formula is C22H32N2O4. The van der Waals surface area contributed by atoms with Crippen molar-refractivity contribution in [3.05, 3.63) is 22.5 Å². The third kappa shape index (κ3) is 3.59. The van der Waals surface area contributed by atoms with Crippen LogP contribution in [0.4, 0.5) is 0 Å². The van der Waals surface area contributed by atoms with Crippen molar-refractivity contribution < 1.29 is 19.4 Å². The van der Waals surface area contributed by atoms with Gasteiger partial charge in [0.05, 0.1) is 6.10 Å². The highest BCUT2D eigenvalue weighted by Crippen LogP contribution is 2.59. The summed E-state index contributed by atoms with van der Waals surface area (Å²) in [5, 5.41) is 12.9. The Morgan fingerprint density at radius 2 is 1.75 bits per heavy atom. The molecule has 1 atom stereocenters. The number of aliphatic hydroxyl groups excluding tert-OH is 1. The van der Waals surface area contributed by atoms with Crippen LogP contribution in [0.5, 0.6) is 0 Å². The average Bonchev–Trinajstić information content (AvgIpc) is 2.91. The Balaban J connectivity index is 1.29. The highest BCUT2D eigenvalue weighted by atomic mass is 16.5. The fourth-order valence-corrected chi connectivity index (χ4v) is 6.64. The standard InChI is InChI=1S/C22H32N2O4/c1-12-19(14(3)25)13(2)24-20(12)21(27)28-10-18(26)23-11-22-7-15-4-16(8-22)6-17(5-15)9-22/h14-17,24-25H,4-11H2,1-3H3,(H,23,26)/t14-,15?,16?,17?,22?/m0/s1. The van der Waals surface area contributed by atoms with E-state index >= 15 is 0 Å². The van der Waals surface area contributed by atoms with Crippen molar-refractivity contribution in [2.75, 3.05) is 13.2 Å². The molecule has 0 saturated heterocycles. The summed E-state index contributed by atoms with van der Waals surface area (Å²) in [5.74, 6) is 1.76. The summed E-state index contributed by atoms with van der Waals surface area (Å²) in [6, 6.07) is 0. The molecule has 1 aromatic rings. The van der Waals surface area contributed by atoms with Crippen LogP contribution in [-0.2, 0) is 9.53 Å². The molecule has 6 heteroatoms. The molecule has 6 nitrogen and oxygen atoms in total. The molecule has 0 aromatic carbocycles. The molecule has 1 aromatic heterocycles. The van der Waals surface area contributed by atoms with Crippen LogP contribution in [0, 0.1) is 37.0 Å². The molecule has 0 radical (unpaired) electrons. The molecule has 5 rings (SSSR count). The molecule has 0 spiro atoms. The lowest BCUT2D eigenvalue weighted by Gasteiger charge is -2.56. The van der Waals surface area contributed by atoms with E-state index in [9.17, 15) is 14.7 Å². The Labute approximate surface area is 166 Å². The number of rotatable bonds is 6. The maximum Gasteiger partial charge on any atom is 0.355 e. The SMILES string of the molecule is Cc1[nH]c(C(=O)OCC(=O)NCC23CC4CC(CC(C4)C2)C3)c(C)c1[C@H](C)O. The Kier molecular flexibility index (Phi) is 5.02. The van der Waals surface area contributed by atoms with E-state index in [4.69, 9.17) is 4.74 Å². The van der Waals surface area contributed by atoms with Gasteiger partial charge in [-0.05, 0) is 88.0 Å². The Hall–Kier alpha value is -1.82. The minimum absolute atomic E-state index is 0.235. The van der Waals surface area contributed by atoms with Gasteiger partial charge < -0.3 is 20.1 Å². The lowest BCUT2D eigenvalue weighted by Crippen LogP contribution is -2.51. The number of carbonyl (C=O) groups is 2. The van der Waals surface area contributed by atoms with Gasteiger partial charge in [0, 0.05) is 17.8 Å². The zero-order chi connectivity index (χ0) is 20.1. The first-order valence-electron chi connectivity index (χ1n) is 10.6. The van der Waals surface area contributed by atoms with Gasteiger partial charge in [-0.1, -0.05) is 0 Å². The predicted octanol–water partition coefficient (Wildman–Crippen LogP) is 3.17. The fraction of sp³-hybridized carbons (Fsp3) is 0.727. The first-order chi connectivity index (χ1) is 13.3. The van der Waals surface area contributed by atoms with E-state index in [1.54, 1.807) is 13.8 Å². The molecule has 4 saturated carbocycles. The summed E-state index contributed by atoms with van der Waals surface area (Å²) < 4.78 is 5.23. The van der Waals surface area contributed by atoms with Crippen molar-refractivity contribution in [3.63, 3.8) is 0 Å². The number of esters is 1. The number of aromatic amines is 1. The molecule has 4 aliphatic carbocycles. The van der Waals surface area contributed by atoms with Crippen molar-refractivity contribution >= 4 is 11.9 Å². The minimum Gasteiger partial charge on any atom is -0.451 e. The highest BCUT2D eigenvalue weighted by Gasteiger charge is 2.50. The molecule has 0 unspecified atom stereocenters. The van der Waals surface area contributed by atoms with Gasteiger partial charge in [0.25, 0.3) is 5.91 Å². The number of nitrogens with one attached hydrogen (secondary N) is 2. The molecule has 4 bridgehead atoms. The fourth-order valence-electron chi connectivity index (χ4n) is 6.64. The maximum atomic E-state index is 12.4. The van der Waals surface area contributed by atoms with E-state index in [-0.39, 0.29) is 17.9 Å². The second-order valence-corrected chi connectivity index (χ2v) is 9.61. The first-order valence-corrected chi connectivity index (χ1v) is 10.6. The molecule has 1 amide bonds. The summed E-state index contributed by atoms with van der Waals surface area (Å²) in [6.45, 7) is 5.68. The molecular weight excluding hydrogens is 356 g/mol. The number of hydrogen-bond acceptors (Lipinski definition) is 4. The summed E-state index contributed by atoms with van der Waals surface area (Å²) in [4.78, 5) is 27.6. The number of hydrogen-bond donors (Lipinski definition) is 3. The zero-order valence-corrected chi connectivity index (χ0v) is 17.1. The second kappa shape index (κ2) is 7.21. The molecule has 28 heavy (non-hydrogen) atoms. The van der Waals surface area contributed by atoms with Crippen LogP contribution in [0.3, 0.4) is 0 Å². The molecule has 154 valence electrons. The summed E-state index contributed by atoms with van der Waals surface area (Å²) in [6.07, 6.45) is 7.20. The van der Waals surface area contributed by atoms with E-state index in [2.05, 4.69) is 10.3 Å². The molecule has 4 aliphatic rings. The van der Waals surface area contributed by atoms with Gasteiger partial charge in [-0.3, -0.25) is 4.79 Å². The minimum atomic E-state index is -0.665. The monoisotopic (exact) mass is 388 g/mol. The van der Waals surface area contributed by atoms with Crippen LogP contribution in [0.2, 0.25) is 0 Å². The zero-order valence-electron chi connectivity index (χ0n) is 17.1. The number of aryl methyl sites for hydroxylation is 1. The number of aliphatic hydroxyl groups is 1. The largest absolute Gasteiger partial charge is 0.451 e. The topological polar surface area (TPSA) is 91.4 Å². The number of ether oxygens (including phenoxy) is 1. The van der Waals surface area contributed by atoms with Crippen LogP contribution >= 0.6 is 0 Å². The third-order valence-electron chi connectivity index (χ3n) is 7.28. The van der Waals surface area contributed by atoms with E-state index in [0.29, 0.717) is 23.4 Å². The number of aromatic nitrogens is 1. The normalized spacial score (nSPS) is 31.6. The lowest BCUT2D eigenvalue weighted by molar-refractivity contribution is -0.126. The van der Waals surface area contributed by atoms with Crippen LogP contribution in [0.1, 0.15) is 78.9 Å². The van der Waals surface area contributed by atoms with E-state index in [0.717, 1.165) is 23.4 Å². The summed E-state index contributed by atoms with van der Waals surface area (Å²) in [7, 11) is 0. The molecule has 3 N–H and O–H groups in total. The first kappa shape index (κ1) is 19.5. The lowest BCUT2D eigenvalue weighted by atomic mass is 9.49. The van der Waals surface area contributed by atoms with Crippen LogP contribution in [0.25, 0.3) is 0 Å². The van der Waals surface area contributed by atoms with E-state index in [1.807, 2.05) is 6.92 Å². The number of carbonyl (C=O) groups excluding carboxylic acids is 2. The van der Waals surface area contributed by atoms with Gasteiger partial charge in [0.1, 0.15) is 5.69 Å². The number of H-pyrrole nitrogens is 1. The molecule has 4 fully saturated rings. The van der Waals surface area contributed by atoms with Gasteiger partial charge in [-0.15, -0.1) is 0 Å². The van der Waals surface area contributed by atoms with Crippen molar-refractivity contribution in [1.29, 1.82) is 0 Å². The van der Waals surface area contributed by atoms with Crippen LogP contribution < -0.4 is 5.32 Å². The van der Waals surface area contributed by atoms with Gasteiger partial charge in [-0.2, -0.15) is 0 Å². The predicted molar refractivity (Wildman–Crippen MR) is 105 cm³/mol. The van der Waals surface area contributed by atoms with Crippen LogP contribution in [0.15, 0.2) is 0 Å². The van der Waals surface area contributed by atoms with E-state index in [1.165, 1.54) is 38.5 Å². The van der Waals surface area contributed by atoms with Crippen LogP contribution in [-0.4, -0.2) is 35.1 Å². The maximum absolute atomic E-state index is 12.4. The van der Waals surface area contributed by atoms with Gasteiger partial charge in [-0.25, -0.2) is 4.79 Å². The van der Waals surface area contributed by atoms with Crippen molar-refractivity contribution in [2.45, 2.75) is 65.4 Å². The smallest absolute Gasteiger partial charge is 0.355 e. The Bertz CT molecular complexity index is 744. The van der Waals surface area contributed by atoms with Crippen molar-refractivity contribution in [3.8, 4) is 0 Å². The summed E-state index contributed by atoms with van der Waals surface area (Å²) in [5.41, 5.74) is 2.70. The Morgan fingerprint density at radius 3 is 2.25 bits per heavy atom.